The second kappa shape index (κ2) is 4.52. The molecule has 0 heterocycles. The summed E-state index contributed by atoms with van der Waals surface area (Å²) in [4.78, 5) is 0. The minimum atomic E-state index is -0.566. The molecule has 2 rings (SSSR count). The first kappa shape index (κ1) is 10.9. The van der Waals surface area contributed by atoms with Gasteiger partial charge in [0.05, 0.1) is 6.10 Å². The van der Waals surface area contributed by atoms with E-state index in [1.54, 1.807) is 0 Å². The average molecular weight is 286 g/mol. The van der Waals surface area contributed by atoms with Crippen molar-refractivity contribution in [2.24, 2.45) is 0 Å². The Hall–Kier alpha value is -0.570. The van der Waals surface area contributed by atoms with Crippen LogP contribution in [0.1, 0.15) is 11.7 Å². The van der Waals surface area contributed by atoms with E-state index in [1.165, 1.54) is 0 Å². The van der Waals surface area contributed by atoms with Gasteiger partial charge < -0.3 is 5.11 Å². The lowest BCUT2D eigenvalue weighted by atomic mass is 10.0. The maximum atomic E-state index is 9.88. The molecule has 0 spiro atoms. The van der Waals surface area contributed by atoms with Gasteiger partial charge in [-0.25, -0.2) is 0 Å². The number of halogens is 2. The SMILES string of the molecule is O[C@@H](CBr)c1c(Cl)ccc2ccccc12. The van der Waals surface area contributed by atoms with E-state index in [0.717, 1.165) is 16.3 Å². The number of aliphatic hydroxyl groups excluding tert-OH is 1. The Morgan fingerprint density at radius 1 is 1.20 bits per heavy atom. The van der Waals surface area contributed by atoms with Crippen LogP contribution in [-0.2, 0) is 0 Å². The average Bonchev–Trinajstić information content (AvgIpc) is 2.28. The van der Waals surface area contributed by atoms with Crippen LogP contribution in [0.2, 0.25) is 5.02 Å². The number of aliphatic hydroxyl groups is 1. The van der Waals surface area contributed by atoms with Gasteiger partial charge >= 0.3 is 0 Å². The molecular weight excluding hydrogens is 275 g/mol. The molecule has 0 amide bonds. The fourth-order valence-electron chi connectivity index (χ4n) is 1.68. The predicted octanol–water partition coefficient (Wildman–Crippen LogP) is 3.92. The highest BCUT2D eigenvalue weighted by Crippen LogP contribution is 2.31. The lowest BCUT2D eigenvalue weighted by Gasteiger charge is -2.13. The van der Waals surface area contributed by atoms with Gasteiger partial charge in [0.15, 0.2) is 0 Å². The Morgan fingerprint density at radius 3 is 2.67 bits per heavy atom. The second-order valence-electron chi connectivity index (χ2n) is 3.35. The van der Waals surface area contributed by atoms with E-state index in [9.17, 15) is 5.11 Å². The summed E-state index contributed by atoms with van der Waals surface area (Å²) >= 11 is 9.36. The summed E-state index contributed by atoms with van der Waals surface area (Å²) in [7, 11) is 0. The van der Waals surface area contributed by atoms with Crippen molar-refractivity contribution < 1.29 is 5.11 Å². The molecule has 0 fully saturated rings. The first-order valence-electron chi connectivity index (χ1n) is 4.65. The van der Waals surface area contributed by atoms with Crippen LogP contribution in [0, 0.1) is 0 Å². The van der Waals surface area contributed by atoms with E-state index in [-0.39, 0.29) is 0 Å². The third-order valence-electron chi connectivity index (χ3n) is 2.40. The second-order valence-corrected chi connectivity index (χ2v) is 4.41. The zero-order valence-electron chi connectivity index (χ0n) is 7.95. The monoisotopic (exact) mass is 284 g/mol. The van der Waals surface area contributed by atoms with E-state index in [1.807, 2.05) is 36.4 Å². The van der Waals surface area contributed by atoms with Gasteiger partial charge in [0.1, 0.15) is 0 Å². The smallest absolute Gasteiger partial charge is 0.0907 e. The van der Waals surface area contributed by atoms with E-state index >= 15 is 0 Å². The van der Waals surface area contributed by atoms with Gasteiger partial charge in [0.25, 0.3) is 0 Å². The lowest BCUT2D eigenvalue weighted by molar-refractivity contribution is 0.207. The van der Waals surface area contributed by atoms with Crippen LogP contribution in [0.15, 0.2) is 36.4 Å². The van der Waals surface area contributed by atoms with Crippen molar-refractivity contribution in [3.05, 3.63) is 47.0 Å². The molecule has 0 bridgehead atoms. The lowest BCUT2D eigenvalue weighted by Crippen LogP contribution is -2.00. The Bertz CT molecular complexity index is 484. The maximum absolute atomic E-state index is 9.88. The first-order chi connectivity index (χ1) is 7.24. The fourth-order valence-corrected chi connectivity index (χ4v) is 2.30. The van der Waals surface area contributed by atoms with Crippen molar-refractivity contribution >= 4 is 38.3 Å². The summed E-state index contributed by atoms with van der Waals surface area (Å²) < 4.78 is 0. The van der Waals surface area contributed by atoms with Crippen molar-refractivity contribution in [3.8, 4) is 0 Å². The molecule has 0 saturated heterocycles. The summed E-state index contributed by atoms with van der Waals surface area (Å²) in [6.45, 7) is 0. The molecule has 0 saturated carbocycles. The van der Waals surface area contributed by atoms with Gasteiger partial charge in [0, 0.05) is 15.9 Å². The molecule has 78 valence electrons. The van der Waals surface area contributed by atoms with Crippen molar-refractivity contribution in [1.29, 1.82) is 0 Å². The van der Waals surface area contributed by atoms with Crippen LogP contribution in [0.3, 0.4) is 0 Å². The van der Waals surface area contributed by atoms with E-state index < -0.39 is 6.10 Å². The highest BCUT2D eigenvalue weighted by molar-refractivity contribution is 9.09. The van der Waals surface area contributed by atoms with Crippen LogP contribution >= 0.6 is 27.5 Å². The van der Waals surface area contributed by atoms with Crippen molar-refractivity contribution in [1.82, 2.24) is 0 Å². The summed E-state index contributed by atoms with van der Waals surface area (Å²) in [5, 5.41) is 13.1. The molecule has 0 unspecified atom stereocenters. The molecule has 0 aliphatic heterocycles. The molecule has 0 aliphatic carbocycles. The molecule has 2 aromatic carbocycles. The zero-order valence-corrected chi connectivity index (χ0v) is 10.3. The number of hydrogen-bond donors (Lipinski definition) is 1. The minimum absolute atomic E-state index is 0.487. The quantitative estimate of drug-likeness (QED) is 0.829. The van der Waals surface area contributed by atoms with Crippen LogP contribution in [0.25, 0.3) is 10.8 Å². The first-order valence-corrected chi connectivity index (χ1v) is 6.15. The molecule has 0 aliphatic rings. The van der Waals surface area contributed by atoms with Crippen molar-refractivity contribution in [2.75, 3.05) is 5.33 Å². The molecular formula is C12H10BrClO. The highest BCUT2D eigenvalue weighted by Gasteiger charge is 2.13. The maximum Gasteiger partial charge on any atom is 0.0907 e. The normalized spacial score (nSPS) is 13.0. The molecule has 1 nitrogen and oxygen atoms in total. The number of fused-ring (bicyclic) bond motifs is 1. The number of alkyl halides is 1. The van der Waals surface area contributed by atoms with Crippen molar-refractivity contribution in [3.63, 3.8) is 0 Å². The minimum Gasteiger partial charge on any atom is -0.387 e. The van der Waals surface area contributed by atoms with Crippen LogP contribution in [-0.4, -0.2) is 10.4 Å². The van der Waals surface area contributed by atoms with Crippen LogP contribution in [0.4, 0.5) is 0 Å². The van der Waals surface area contributed by atoms with E-state index in [0.29, 0.717) is 10.4 Å². The number of rotatable bonds is 2. The third kappa shape index (κ3) is 2.03. The number of hydrogen-bond acceptors (Lipinski definition) is 1. The third-order valence-corrected chi connectivity index (χ3v) is 3.34. The Labute approximate surface area is 102 Å². The molecule has 1 atom stereocenters. The van der Waals surface area contributed by atoms with Gasteiger partial charge in [-0.3, -0.25) is 0 Å². The van der Waals surface area contributed by atoms with Crippen LogP contribution in [0.5, 0.6) is 0 Å². The predicted molar refractivity (Wildman–Crippen MR) is 67.7 cm³/mol. The summed E-state index contributed by atoms with van der Waals surface area (Å²) in [5.41, 5.74) is 0.798. The topological polar surface area (TPSA) is 20.2 Å². The van der Waals surface area contributed by atoms with Crippen molar-refractivity contribution in [2.45, 2.75) is 6.10 Å². The summed E-state index contributed by atoms with van der Waals surface area (Å²) in [6, 6.07) is 11.7. The summed E-state index contributed by atoms with van der Waals surface area (Å²) in [6.07, 6.45) is -0.566. The highest BCUT2D eigenvalue weighted by atomic mass is 79.9. The van der Waals surface area contributed by atoms with Gasteiger partial charge in [-0.15, -0.1) is 0 Å². The number of benzene rings is 2. The molecule has 2 aromatic rings. The molecule has 0 radical (unpaired) electrons. The molecule has 1 N–H and O–H groups in total. The fraction of sp³-hybridized carbons (Fsp3) is 0.167. The van der Waals surface area contributed by atoms with Gasteiger partial charge in [-0.05, 0) is 16.8 Å². The Kier molecular flexibility index (Phi) is 3.29. The molecule has 15 heavy (non-hydrogen) atoms. The molecule has 3 heteroatoms. The Morgan fingerprint density at radius 2 is 1.93 bits per heavy atom. The van der Waals surface area contributed by atoms with Gasteiger partial charge in [-0.1, -0.05) is 57.9 Å². The summed E-state index contributed by atoms with van der Waals surface area (Å²) in [5.74, 6) is 0. The Balaban J connectivity index is 2.74. The van der Waals surface area contributed by atoms with Gasteiger partial charge in [-0.2, -0.15) is 0 Å². The molecule has 0 aromatic heterocycles. The van der Waals surface area contributed by atoms with E-state index in [2.05, 4.69) is 15.9 Å². The van der Waals surface area contributed by atoms with Crippen LogP contribution < -0.4 is 0 Å². The standard InChI is InChI=1S/C12H10BrClO/c13-7-11(15)12-9-4-2-1-3-8(9)5-6-10(12)14/h1-6,11,15H,7H2/t11-/m0/s1. The largest absolute Gasteiger partial charge is 0.387 e. The van der Waals surface area contributed by atoms with E-state index in [4.69, 9.17) is 11.6 Å². The van der Waals surface area contributed by atoms with Gasteiger partial charge in [0.2, 0.25) is 0 Å². The zero-order chi connectivity index (χ0) is 10.8.